The molecule has 3 aliphatic heterocycles. The van der Waals surface area contributed by atoms with Gasteiger partial charge < -0.3 is 10.2 Å². The van der Waals surface area contributed by atoms with Crippen LogP contribution in [0, 0.1) is 0 Å². The molecule has 0 spiro atoms. The van der Waals surface area contributed by atoms with Gasteiger partial charge in [-0.15, -0.1) is 0 Å². The highest BCUT2D eigenvalue weighted by Crippen LogP contribution is 2.31. The Kier molecular flexibility index (Phi) is 4.55. The Hall–Kier alpha value is -0.610. The third kappa shape index (κ3) is 2.85. The molecule has 3 fully saturated rings. The molecular formula is C17H31N3O. The number of rotatable bonds is 3. The van der Waals surface area contributed by atoms with Crippen molar-refractivity contribution in [2.45, 2.75) is 76.4 Å². The number of hydrogen-bond donors (Lipinski definition) is 1. The fourth-order valence-corrected chi connectivity index (χ4v) is 4.65. The Balaban J connectivity index is 1.73. The van der Waals surface area contributed by atoms with Crippen LogP contribution in [-0.4, -0.2) is 59.5 Å². The van der Waals surface area contributed by atoms with Crippen LogP contribution in [-0.2, 0) is 4.79 Å². The van der Waals surface area contributed by atoms with E-state index >= 15 is 0 Å². The number of nitrogens with one attached hydrogen (secondary N) is 1. The zero-order valence-electron chi connectivity index (χ0n) is 13.7. The van der Waals surface area contributed by atoms with Gasteiger partial charge in [-0.1, -0.05) is 19.8 Å². The number of hydrogen-bond acceptors (Lipinski definition) is 3. The maximum atomic E-state index is 13.2. The van der Waals surface area contributed by atoms with Gasteiger partial charge in [0.1, 0.15) is 0 Å². The Morgan fingerprint density at radius 2 is 2.14 bits per heavy atom. The molecule has 3 aliphatic rings. The van der Waals surface area contributed by atoms with Gasteiger partial charge in [0.25, 0.3) is 0 Å². The van der Waals surface area contributed by atoms with Gasteiger partial charge in [-0.3, -0.25) is 9.69 Å². The minimum atomic E-state index is -0.250. The van der Waals surface area contributed by atoms with Gasteiger partial charge in [0.05, 0.1) is 5.54 Å². The predicted molar refractivity (Wildman–Crippen MR) is 85.3 cm³/mol. The van der Waals surface area contributed by atoms with E-state index in [0.29, 0.717) is 18.0 Å². The number of carbonyl (C=O) groups is 1. The predicted octanol–water partition coefficient (Wildman–Crippen LogP) is 1.99. The molecule has 1 amide bonds. The molecule has 4 heteroatoms. The normalized spacial score (nSPS) is 37.5. The average Bonchev–Trinajstić information content (AvgIpc) is 2.96. The van der Waals surface area contributed by atoms with Crippen LogP contribution in [0.25, 0.3) is 0 Å². The highest BCUT2D eigenvalue weighted by molar-refractivity contribution is 5.87. The summed E-state index contributed by atoms with van der Waals surface area (Å²) in [5.41, 5.74) is -0.250. The molecule has 120 valence electrons. The van der Waals surface area contributed by atoms with E-state index < -0.39 is 0 Å². The van der Waals surface area contributed by atoms with Crippen molar-refractivity contribution in [1.29, 1.82) is 0 Å². The zero-order chi connectivity index (χ0) is 14.9. The van der Waals surface area contributed by atoms with Crippen molar-refractivity contribution in [3.05, 3.63) is 0 Å². The van der Waals surface area contributed by atoms with E-state index in [1.807, 2.05) is 0 Å². The van der Waals surface area contributed by atoms with E-state index in [1.165, 1.54) is 25.8 Å². The minimum absolute atomic E-state index is 0.250. The summed E-state index contributed by atoms with van der Waals surface area (Å²) >= 11 is 0. The van der Waals surface area contributed by atoms with Crippen LogP contribution < -0.4 is 5.32 Å². The Bertz CT molecular complexity index is 378. The summed E-state index contributed by atoms with van der Waals surface area (Å²) in [5, 5.41) is 3.56. The van der Waals surface area contributed by atoms with Gasteiger partial charge in [0.15, 0.2) is 0 Å². The van der Waals surface area contributed by atoms with Crippen molar-refractivity contribution in [3.63, 3.8) is 0 Å². The first kappa shape index (κ1) is 15.3. The molecule has 4 nitrogen and oxygen atoms in total. The van der Waals surface area contributed by atoms with Gasteiger partial charge in [-0.05, 0) is 52.1 Å². The standard InChI is InChI=1S/C17H31N3O/c1-3-8-17(9-6-10-18-17)16(21)20-13-15-7-4-5-11-19(15)12-14(20)2/h14-15,18H,3-13H2,1-2H3. The lowest BCUT2D eigenvalue weighted by Crippen LogP contribution is -2.65. The lowest BCUT2D eigenvalue weighted by atomic mass is 9.88. The largest absolute Gasteiger partial charge is 0.336 e. The number of nitrogens with zero attached hydrogens (tertiary/aromatic N) is 2. The second kappa shape index (κ2) is 6.25. The Morgan fingerprint density at radius 3 is 2.86 bits per heavy atom. The van der Waals surface area contributed by atoms with E-state index in [2.05, 4.69) is 29.0 Å². The molecule has 3 unspecified atom stereocenters. The number of amides is 1. The van der Waals surface area contributed by atoms with Gasteiger partial charge in [-0.25, -0.2) is 0 Å². The summed E-state index contributed by atoms with van der Waals surface area (Å²) in [6, 6.07) is 0.974. The number of carbonyl (C=O) groups excluding carboxylic acids is 1. The summed E-state index contributed by atoms with van der Waals surface area (Å²) in [7, 11) is 0. The van der Waals surface area contributed by atoms with Crippen molar-refractivity contribution < 1.29 is 4.79 Å². The monoisotopic (exact) mass is 293 g/mol. The fourth-order valence-electron chi connectivity index (χ4n) is 4.65. The maximum Gasteiger partial charge on any atom is 0.243 e. The fraction of sp³-hybridized carbons (Fsp3) is 0.941. The summed E-state index contributed by atoms with van der Waals surface area (Å²) in [5.74, 6) is 0.388. The molecule has 0 aromatic heterocycles. The molecule has 0 radical (unpaired) electrons. The summed E-state index contributed by atoms with van der Waals surface area (Å²) < 4.78 is 0. The molecule has 0 aromatic carbocycles. The second-order valence-electron chi connectivity index (χ2n) is 7.31. The summed E-state index contributed by atoms with van der Waals surface area (Å²) in [6.07, 6.45) is 8.17. The lowest BCUT2D eigenvalue weighted by molar-refractivity contribution is -0.145. The van der Waals surface area contributed by atoms with Crippen LogP contribution in [0.1, 0.15) is 58.8 Å². The highest BCUT2D eigenvalue weighted by atomic mass is 16.2. The van der Waals surface area contributed by atoms with Crippen molar-refractivity contribution >= 4 is 5.91 Å². The van der Waals surface area contributed by atoms with Crippen LogP contribution in [0.3, 0.4) is 0 Å². The molecule has 0 bridgehead atoms. The SMILES string of the molecule is CCCC1(C(=O)N2CC3CCCCN3CC2C)CCCN1. The highest BCUT2D eigenvalue weighted by Gasteiger charge is 2.46. The second-order valence-corrected chi connectivity index (χ2v) is 7.31. The van der Waals surface area contributed by atoms with Crippen LogP contribution in [0.15, 0.2) is 0 Å². The van der Waals surface area contributed by atoms with Crippen molar-refractivity contribution in [1.82, 2.24) is 15.1 Å². The molecule has 3 saturated heterocycles. The van der Waals surface area contributed by atoms with Crippen molar-refractivity contribution in [3.8, 4) is 0 Å². The van der Waals surface area contributed by atoms with Crippen LogP contribution in [0.5, 0.6) is 0 Å². The van der Waals surface area contributed by atoms with Crippen LogP contribution >= 0.6 is 0 Å². The third-order valence-electron chi connectivity index (χ3n) is 5.78. The molecule has 3 rings (SSSR count). The minimum Gasteiger partial charge on any atom is -0.336 e. The third-order valence-corrected chi connectivity index (χ3v) is 5.78. The zero-order valence-corrected chi connectivity index (χ0v) is 13.7. The van der Waals surface area contributed by atoms with E-state index in [9.17, 15) is 4.79 Å². The quantitative estimate of drug-likeness (QED) is 0.864. The molecule has 0 aromatic rings. The Labute approximate surface area is 129 Å². The van der Waals surface area contributed by atoms with E-state index in [1.54, 1.807) is 0 Å². The lowest BCUT2D eigenvalue weighted by Gasteiger charge is -2.49. The first-order chi connectivity index (χ1) is 10.2. The molecule has 0 saturated carbocycles. The Morgan fingerprint density at radius 1 is 1.29 bits per heavy atom. The number of piperidine rings is 1. The van der Waals surface area contributed by atoms with E-state index in [4.69, 9.17) is 0 Å². The van der Waals surface area contributed by atoms with Crippen molar-refractivity contribution in [2.24, 2.45) is 0 Å². The molecule has 3 atom stereocenters. The number of fused-ring (bicyclic) bond motifs is 1. The van der Waals surface area contributed by atoms with E-state index in [-0.39, 0.29) is 5.54 Å². The molecular weight excluding hydrogens is 262 g/mol. The van der Waals surface area contributed by atoms with Crippen molar-refractivity contribution in [2.75, 3.05) is 26.2 Å². The molecule has 3 heterocycles. The first-order valence-electron chi connectivity index (χ1n) is 8.96. The van der Waals surface area contributed by atoms with Gasteiger partial charge in [-0.2, -0.15) is 0 Å². The molecule has 1 N–H and O–H groups in total. The van der Waals surface area contributed by atoms with Gasteiger partial charge in [0.2, 0.25) is 5.91 Å². The average molecular weight is 293 g/mol. The van der Waals surface area contributed by atoms with Crippen LogP contribution in [0.4, 0.5) is 0 Å². The summed E-state index contributed by atoms with van der Waals surface area (Å²) in [6.45, 7) is 8.68. The van der Waals surface area contributed by atoms with Gasteiger partial charge in [0, 0.05) is 25.2 Å². The number of piperazine rings is 1. The topological polar surface area (TPSA) is 35.6 Å². The van der Waals surface area contributed by atoms with E-state index in [0.717, 1.165) is 45.3 Å². The van der Waals surface area contributed by atoms with Crippen LogP contribution in [0.2, 0.25) is 0 Å². The first-order valence-corrected chi connectivity index (χ1v) is 8.96. The maximum absolute atomic E-state index is 13.2. The summed E-state index contributed by atoms with van der Waals surface area (Å²) in [4.78, 5) is 18.1. The smallest absolute Gasteiger partial charge is 0.243 e. The molecule has 21 heavy (non-hydrogen) atoms. The molecule has 0 aliphatic carbocycles. The van der Waals surface area contributed by atoms with Gasteiger partial charge >= 0.3 is 0 Å².